The molecule has 1 aromatic heterocycles. The van der Waals surface area contributed by atoms with Crippen molar-refractivity contribution in [1.29, 1.82) is 0 Å². The number of aromatic nitrogens is 1. The van der Waals surface area contributed by atoms with Gasteiger partial charge in [-0.25, -0.2) is 9.78 Å². The summed E-state index contributed by atoms with van der Waals surface area (Å²) < 4.78 is 10.8. The molecular formula is C22H23N3O4. The smallest absolute Gasteiger partial charge is 0.407 e. The van der Waals surface area contributed by atoms with E-state index in [1.54, 1.807) is 13.0 Å². The predicted octanol–water partition coefficient (Wildman–Crippen LogP) is 4.17. The van der Waals surface area contributed by atoms with Gasteiger partial charge in [-0.2, -0.15) is 0 Å². The Morgan fingerprint density at radius 3 is 2.83 bits per heavy atom. The van der Waals surface area contributed by atoms with Crippen molar-refractivity contribution in [3.05, 3.63) is 60.0 Å². The number of anilines is 1. The van der Waals surface area contributed by atoms with Crippen molar-refractivity contribution in [3.63, 3.8) is 0 Å². The Kier molecular flexibility index (Phi) is 5.46. The van der Waals surface area contributed by atoms with Crippen LogP contribution in [0.4, 0.5) is 10.5 Å². The normalized spacial score (nSPS) is 18.5. The van der Waals surface area contributed by atoms with E-state index in [-0.39, 0.29) is 24.5 Å². The maximum absolute atomic E-state index is 12.6. The zero-order chi connectivity index (χ0) is 20.2. The first-order valence-corrected chi connectivity index (χ1v) is 9.72. The number of benzene rings is 2. The van der Waals surface area contributed by atoms with Gasteiger partial charge in [-0.3, -0.25) is 4.79 Å². The van der Waals surface area contributed by atoms with E-state index in [9.17, 15) is 9.59 Å². The molecule has 0 radical (unpaired) electrons. The molecule has 0 bridgehead atoms. The zero-order valence-corrected chi connectivity index (χ0v) is 16.2. The fraction of sp³-hybridized carbons (Fsp3) is 0.318. The van der Waals surface area contributed by atoms with Crippen molar-refractivity contribution in [3.8, 4) is 0 Å². The second-order valence-corrected chi connectivity index (χ2v) is 7.32. The molecule has 1 aliphatic carbocycles. The van der Waals surface area contributed by atoms with Gasteiger partial charge in [-0.1, -0.05) is 30.3 Å². The topological polar surface area (TPSA) is 93.5 Å². The summed E-state index contributed by atoms with van der Waals surface area (Å²) in [7, 11) is 0. The van der Waals surface area contributed by atoms with Crippen LogP contribution < -0.4 is 10.6 Å². The van der Waals surface area contributed by atoms with Gasteiger partial charge in [0.15, 0.2) is 11.5 Å². The third-order valence-electron chi connectivity index (χ3n) is 5.10. The number of amides is 2. The number of hydrogen-bond acceptors (Lipinski definition) is 5. The van der Waals surface area contributed by atoms with Crippen LogP contribution in [-0.4, -0.2) is 23.0 Å². The highest BCUT2D eigenvalue weighted by molar-refractivity contribution is 5.94. The molecule has 2 amide bonds. The van der Waals surface area contributed by atoms with Crippen molar-refractivity contribution >= 4 is 28.8 Å². The van der Waals surface area contributed by atoms with Crippen LogP contribution in [0.5, 0.6) is 0 Å². The van der Waals surface area contributed by atoms with Crippen LogP contribution in [0, 0.1) is 12.8 Å². The van der Waals surface area contributed by atoms with E-state index in [1.807, 2.05) is 42.5 Å². The van der Waals surface area contributed by atoms with Gasteiger partial charge in [0, 0.05) is 30.6 Å². The lowest BCUT2D eigenvalue weighted by Crippen LogP contribution is -2.34. The minimum Gasteiger partial charge on any atom is -0.445 e. The van der Waals surface area contributed by atoms with Gasteiger partial charge in [0.05, 0.1) is 0 Å². The third kappa shape index (κ3) is 4.74. The summed E-state index contributed by atoms with van der Waals surface area (Å²) in [6.45, 7) is 2.02. The number of alkyl carbamates (subject to hydrolysis) is 1. The molecule has 1 heterocycles. The number of hydrogen-bond donors (Lipinski definition) is 2. The van der Waals surface area contributed by atoms with Gasteiger partial charge in [0.1, 0.15) is 12.1 Å². The summed E-state index contributed by atoms with van der Waals surface area (Å²) in [6.07, 6.45) is 1.61. The minimum atomic E-state index is -0.453. The second kappa shape index (κ2) is 8.34. The lowest BCUT2D eigenvalue weighted by atomic mass is 10.1. The Hall–Kier alpha value is -3.35. The van der Waals surface area contributed by atoms with Gasteiger partial charge in [-0.15, -0.1) is 0 Å². The molecule has 4 rings (SSSR count). The minimum absolute atomic E-state index is 0.0532. The lowest BCUT2D eigenvalue weighted by molar-refractivity contribution is -0.119. The largest absolute Gasteiger partial charge is 0.445 e. The third-order valence-corrected chi connectivity index (χ3v) is 5.10. The first-order chi connectivity index (χ1) is 14.1. The van der Waals surface area contributed by atoms with Crippen LogP contribution in [0.1, 0.15) is 30.7 Å². The van der Waals surface area contributed by atoms with Gasteiger partial charge < -0.3 is 19.8 Å². The average Bonchev–Trinajstić information content (AvgIpc) is 3.32. The van der Waals surface area contributed by atoms with E-state index < -0.39 is 6.09 Å². The molecule has 29 heavy (non-hydrogen) atoms. The first-order valence-electron chi connectivity index (χ1n) is 9.72. The highest BCUT2D eigenvalue weighted by Crippen LogP contribution is 2.28. The molecule has 2 aromatic carbocycles. The summed E-state index contributed by atoms with van der Waals surface area (Å²) in [5.74, 6) is 0.386. The summed E-state index contributed by atoms with van der Waals surface area (Å²) >= 11 is 0. The molecule has 150 valence electrons. The number of carbonyl (C=O) groups is 2. The molecule has 0 spiro atoms. The number of fused-ring (bicyclic) bond motifs is 1. The van der Waals surface area contributed by atoms with Crippen LogP contribution in [0.15, 0.2) is 52.9 Å². The fourth-order valence-electron chi connectivity index (χ4n) is 3.64. The molecule has 7 heteroatoms. The number of carbonyl (C=O) groups excluding carboxylic acids is 2. The van der Waals surface area contributed by atoms with Gasteiger partial charge >= 0.3 is 6.09 Å². The fourth-order valence-corrected chi connectivity index (χ4v) is 3.64. The quantitative estimate of drug-likeness (QED) is 0.679. The van der Waals surface area contributed by atoms with Gasteiger partial charge in [0.2, 0.25) is 5.91 Å². The number of nitrogens with zero attached hydrogens (tertiary/aromatic N) is 1. The number of ether oxygens (including phenoxy) is 1. The summed E-state index contributed by atoms with van der Waals surface area (Å²) in [4.78, 5) is 28.9. The van der Waals surface area contributed by atoms with Crippen molar-refractivity contribution in [2.45, 2.75) is 38.8 Å². The molecular weight excluding hydrogens is 370 g/mol. The molecule has 0 unspecified atom stereocenters. The maximum Gasteiger partial charge on any atom is 0.407 e. The number of oxazole rings is 1. The Morgan fingerprint density at radius 1 is 1.17 bits per heavy atom. The molecule has 0 aliphatic heterocycles. The number of aryl methyl sites for hydroxylation is 1. The van der Waals surface area contributed by atoms with Crippen LogP contribution in [0.25, 0.3) is 11.1 Å². The number of nitrogens with one attached hydrogen (secondary N) is 2. The Labute approximate surface area is 168 Å². The molecule has 1 saturated carbocycles. The van der Waals surface area contributed by atoms with Crippen molar-refractivity contribution in [2.24, 2.45) is 5.92 Å². The van der Waals surface area contributed by atoms with Crippen LogP contribution >= 0.6 is 0 Å². The Bertz CT molecular complexity index is 1020. The molecule has 0 saturated heterocycles. The Morgan fingerprint density at radius 2 is 2.00 bits per heavy atom. The van der Waals surface area contributed by atoms with E-state index in [0.717, 1.165) is 23.9 Å². The SMILES string of the molecule is Cc1nc2ccc(NC(=O)[C@@H]3CC[C@H](NC(=O)OCc4ccccc4)C3)cc2o1. The van der Waals surface area contributed by atoms with E-state index in [0.29, 0.717) is 23.6 Å². The standard InChI is InChI=1S/C22H23N3O4/c1-14-23-19-10-9-18(12-20(19)29-14)24-21(26)16-7-8-17(11-16)25-22(27)28-13-15-5-3-2-4-6-15/h2-6,9-10,12,16-17H,7-8,11,13H2,1H3,(H,24,26)(H,25,27)/t16-,17+/m1/s1. The van der Waals surface area contributed by atoms with Gasteiger partial charge in [-0.05, 0) is 37.0 Å². The molecule has 2 atom stereocenters. The van der Waals surface area contributed by atoms with E-state index >= 15 is 0 Å². The first kappa shape index (κ1) is 19.0. The van der Waals surface area contributed by atoms with Crippen LogP contribution in [0.2, 0.25) is 0 Å². The van der Waals surface area contributed by atoms with Crippen LogP contribution in [0.3, 0.4) is 0 Å². The Balaban J connectivity index is 1.26. The molecule has 1 fully saturated rings. The van der Waals surface area contributed by atoms with Crippen molar-refractivity contribution < 1.29 is 18.7 Å². The highest BCUT2D eigenvalue weighted by Gasteiger charge is 2.31. The van der Waals surface area contributed by atoms with Crippen molar-refractivity contribution in [2.75, 3.05) is 5.32 Å². The van der Waals surface area contributed by atoms with Crippen LogP contribution in [-0.2, 0) is 16.1 Å². The van der Waals surface area contributed by atoms with Gasteiger partial charge in [0.25, 0.3) is 0 Å². The van der Waals surface area contributed by atoms with Crippen molar-refractivity contribution in [1.82, 2.24) is 10.3 Å². The lowest BCUT2D eigenvalue weighted by Gasteiger charge is -2.14. The van der Waals surface area contributed by atoms with E-state index in [4.69, 9.17) is 9.15 Å². The molecule has 7 nitrogen and oxygen atoms in total. The highest BCUT2D eigenvalue weighted by atomic mass is 16.5. The second-order valence-electron chi connectivity index (χ2n) is 7.32. The summed E-state index contributed by atoms with van der Waals surface area (Å²) in [6, 6.07) is 14.9. The zero-order valence-electron chi connectivity index (χ0n) is 16.2. The molecule has 3 aromatic rings. The maximum atomic E-state index is 12.6. The predicted molar refractivity (Wildman–Crippen MR) is 108 cm³/mol. The molecule has 1 aliphatic rings. The van der Waals surface area contributed by atoms with E-state index in [2.05, 4.69) is 15.6 Å². The average molecular weight is 393 g/mol. The summed E-state index contributed by atoms with van der Waals surface area (Å²) in [5.41, 5.74) is 3.02. The van der Waals surface area contributed by atoms with E-state index in [1.165, 1.54) is 0 Å². The summed E-state index contributed by atoms with van der Waals surface area (Å²) in [5, 5.41) is 5.80. The monoisotopic (exact) mass is 393 g/mol. The molecule has 2 N–H and O–H groups in total. The number of rotatable bonds is 5.